The Labute approximate surface area is 123 Å². The van der Waals surface area contributed by atoms with Crippen LogP contribution < -0.4 is 0 Å². The van der Waals surface area contributed by atoms with E-state index < -0.39 is 0 Å². The highest BCUT2D eigenvalue weighted by Gasteiger charge is 2.23. The average molecular weight is 375 g/mol. The Hall–Kier alpha value is -0.190. The largest absolute Gasteiger partial charge is 0.261 e. The van der Waals surface area contributed by atoms with Crippen LogP contribution in [0.15, 0.2) is 38.7 Å². The molecule has 4 heteroatoms. The molecule has 0 unspecified atom stereocenters. The number of hydrogen-bond donors (Lipinski definition) is 0. The van der Waals surface area contributed by atoms with Crippen molar-refractivity contribution < 1.29 is 0 Å². The van der Waals surface area contributed by atoms with Crippen molar-refractivity contribution in [1.82, 2.24) is 4.98 Å². The van der Waals surface area contributed by atoms with Gasteiger partial charge in [-0.1, -0.05) is 19.9 Å². The third kappa shape index (κ3) is 3.18. The van der Waals surface area contributed by atoms with Crippen LogP contribution in [0.3, 0.4) is 0 Å². The topological polar surface area (TPSA) is 12.9 Å². The molecule has 0 aliphatic carbocycles. The highest BCUT2D eigenvalue weighted by molar-refractivity contribution is 9.13. The summed E-state index contributed by atoms with van der Waals surface area (Å²) in [6, 6.07) is 8.28. The summed E-state index contributed by atoms with van der Waals surface area (Å²) >= 11 is 8.84. The van der Waals surface area contributed by atoms with E-state index in [0.717, 1.165) is 20.4 Å². The van der Waals surface area contributed by atoms with E-state index in [1.54, 1.807) is 11.3 Å². The fourth-order valence-corrected chi connectivity index (χ4v) is 4.17. The van der Waals surface area contributed by atoms with Crippen molar-refractivity contribution in [2.75, 3.05) is 0 Å². The molecule has 0 aromatic carbocycles. The maximum absolute atomic E-state index is 4.46. The van der Waals surface area contributed by atoms with Gasteiger partial charge in [0, 0.05) is 26.7 Å². The average Bonchev–Trinajstić information content (AvgIpc) is 2.58. The number of hydrogen-bond acceptors (Lipinski definition) is 2. The van der Waals surface area contributed by atoms with E-state index in [1.165, 1.54) is 4.88 Å². The minimum atomic E-state index is 0.0605. The van der Waals surface area contributed by atoms with Crippen LogP contribution in [0.1, 0.15) is 24.4 Å². The van der Waals surface area contributed by atoms with E-state index in [2.05, 4.69) is 62.8 Å². The number of rotatable bonds is 3. The summed E-state index contributed by atoms with van der Waals surface area (Å²) < 4.78 is 2.29. The zero-order valence-corrected chi connectivity index (χ0v) is 13.7. The molecule has 0 atom stereocenters. The Kier molecular flexibility index (Phi) is 4.06. The molecule has 0 fully saturated rings. The highest BCUT2D eigenvalue weighted by atomic mass is 79.9. The molecular weight excluding hydrogens is 362 g/mol. The molecule has 0 bridgehead atoms. The summed E-state index contributed by atoms with van der Waals surface area (Å²) in [6.07, 6.45) is 2.86. The first-order chi connectivity index (χ1) is 7.99. The van der Waals surface area contributed by atoms with Crippen LogP contribution in [0.25, 0.3) is 0 Å². The first-order valence-corrected chi connectivity index (χ1v) is 7.74. The summed E-state index contributed by atoms with van der Waals surface area (Å²) in [4.78, 5) is 5.82. The summed E-state index contributed by atoms with van der Waals surface area (Å²) in [5, 5.41) is 0. The van der Waals surface area contributed by atoms with Gasteiger partial charge < -0.3 is 0 Å². The first-order valence-electron chi connectivity index (χ1n) is 5.34. The summed E-state index contributed by atoms with van der Waals surface area (Å²) in [5.74, 6) is 0. The van der Waals surface area contributed by atoms with Crippen molar-refractivity contribution in [2.45, 2.75) is 25.7 Å². The Balaban J connectivity index is 2.23. The van der Waals surface area contributed by atoms with Crippen molar-refractivity contribution in [2.24, 2.45) is 0 Å². The molecule has 0 amide bonds. The Morgan fingerprint density at radius 2 is 2.06 bits per heavy atom. The second-order valence-electron chi connectivity index (χ2n) is 4.61. The smallest absolute Gasteiger partial charge is 0.0843 e. The highest BCUT2D eigenvalue weighted by Crippen LogP contribution is 2.36. The number of pyridine rings is 1. The van der Waals surface area contributed by atoms with E-state index >= 15 is 0 Å². The molecule has 0 saturated heterocycles. The lowest BCUT2D eigenvalue weighted by molar-refractivity contribution is 0.509. The fraction of sp³-hybridized carbons (Fsp3) is 0.308. The molecule has 0 aliphatic heterocycles. The second kappa shape index (κ2) is 5.21. The van der Waals surface area contributed by atoms with Gasteiger partial charge in [-0.2, -0.15) is 0 Å². The summed E-state index contributed by atoms with van der Waals surface area (Å²) in [6.45, 7) is 4.47. The molecule has 2 aromatic heterocycles. The minimum absolute atomic E-state index is 0.0605. The SMILES string of the molecule is CC(C)(Cc1cc(Br)c(Br)s1)c1ccccn1. The monoisotopic (exact) mass is 373 g/mol. The van der Waals surface area contributed by atoms with Gasteiger partial charge in [0.15, 0.2) is 0 Å². The zero-order chi connectivity index (χ0) is 12.5. The van der Waals surface area contributed by atoms with Gasteiger partial charge in [-0.3, -0.25) is 4.98 Å². The maximum atomic E-state index is 4.46. The molecule has 0 N–H and O–H groups in total. The lowest BCUT2D eigenvalue weighted by Gasteiger charge is -2.23. The lowest BCUT2D eigenvalue weighted by Crippen LogP contribution is -2.21. The van der Waals surface area contributed by atoms with Crippen LogP contribution >= 0.6 is 43.2 Å². The van der Waals surface area contributed by atoms with Crippen LogP contribution in [0, 0.1) is 0 Å². The number of halogens is 2. The van der Waals surface area contributed by atoms with Crippen LogP contribution in [-0.4, -0.2) is 4.98 Å². The lowest BCUT2D eigenvalue weighted by atomic mass is 9.84. The van der Waals surface area contributed by atoms with Gasteiger partial charge in [-0.05, 0) is 56.5 Å². The van der Waals surface area contributed by atoms with Crippen molar-refractivity contribution in [3.8, 4) is 0 Å². The molecule has 0 aliphatic rings. The van der Waals surface area contributed by atoms with Gasteiger partial charge in [0.2, 0.25) is 0 Å². The van der Waals surface area contributed by atoms with E-state index in [4.69, 9.17) is 0 Å². The molecule has 1 nitrogen and oxygen atoms in total. The van der Waals surface area contributed by atoms with Gasteiger partial charge in [0.1, 0.15) is 0 Å². The van der Waals surface area contributed by atoms with E-state index in [1.807, 2.05) is 18.3 Å². The zero-order valence-electron chi connectivity index (χ0n) is 9.71. The van der Waals surface area contributed by atoms with E-state index in [0.29, 0.717) is 0 Å². The standard InChI is InChI=1S/C13H13Br2NS/c1-13(2,11-5-3-4-6-16-11)8-9-7-10(14)12(15)17-9/h3-7H,8H2,1-2H3. The van der Waals surface area contributed by atoms with Crippen molar-refractivity contribution in [3.63, 3.8) is 0 Å². The minimum Gasteiger partial charge on any atom is -0.261 e. The van der Waals surface area contributed by atoms with Gasteiger partial charge in [-0.25, -0.2) is 0 Å². The first kappa shape index (κ1) is 13.2. The van der Waals surface area contributed by atoms with E-state index in [-0.39, 0.29) is 5.41 Å². The third-order valence-corrected chi connectivity index (χ3v) is 5.93. The predicted octanol–water partition coefficient (Wildman–Crippen LogP) is 5.19. The Morgan fingerprint density at radius 3 is 2.59 bits per heavy atom. The van der Waals surface area contributed by atoms with Crippen molar-refractivity contribution >= 4 is 43.2 Å². The maximum Gasteiger partial charge on any atom is 0.0843 e. The molecule has 0 spiro atoms. The molecule has 0 radical (unpaired) electrons. The molecule has 2 rings (SSSR count). The quantitative estimate of drug-likeness (QED) is 0.720. The molecule has 17 heavy (non-hydrogen) atoms. The van der Waals surface area contributed by atoms with Crippen LogP contribution in [0.4, 0.5) is 0 Å². The van der Waals surface area contributed by atoms with Gasteiger partial charge in [0.25, 0.3) is 0 Å². The fourth-order valence-electron chi connectivity index (χ4n) is 1.77. The summed E-state index contributed by atoms with van der Waals surface area (Å²) in [7, 11) is 0. The Bertz CT molecular complexity index is 486. The number of nitrogens with zero attached hydrogens (tertiary/aromatic N) is 1. The second-order valence-corrected chi connectivity index (χ2v) is 7.92. The Morgan fingerprint density at radius 1 is 1.29 bits per heavy atom. The van der Waals surface area contributed by atoms with Crippen LogP contribution in [0.2, 0.25) is 0 Å². The van der Waals surface area contributed by atoms with Crippen molar-refractivity contribution in [3.05, 3.63) is 49.3 Å². The van der Waals surface area contributed by atoms with Crippen LogP contribution in [0.5, 0.6) is 0 Å². The number of thiophene rings is 1. The summed E-state index contributed by atoms with van der Waals surface area (Å²) in [5.41, 5.74) is 1.20. The molecular formula is C13H13Br2NS. The van der Waals surface area contributed by atoms with Gasteiger partial charge in [-0.15, -0.1) is 11.3 Å². The van der Waals surface area contributed by atoms with Crippen LogP contribution in [-0.2, 0) is 11.8 Å². The third-order valence-electron chi connectivity index (χ3n) is 2.67. The molecule has 2 heterocycles. The number of aromatic nitrogens is 1. The normalized spacial score (nSPS) is 11.8. The molecule has 90 valence electrons. The van der Waals surface area contributed by atoms with E-state index in [9.17, 15) is 0 Å². The predicted molar refractivity (Wildman–Crippen MR) is 80.7 cm³/mol. The van der Waals surface area contributed by atoms with Gasteiger partial charge in [0.05, 0.1) is 3.79 Å². The molecule has 2 aromatic rings. The molecule has 0 saturated carbocycles. The van der Waals surface area contributed by atoms with Gasteiger partial charge >= 0.3 is 0 Å². The van der Waals surface area contributed by atoms with Crippen molar-refractivity contribution in [1.29, 1.82) is 0 Å².